The average Bonchev–Trinajstić information content (AvgIpc) is 3.16. The maximum atomic E-state index is 12.2. The van der Waals surface area contributed by atoms with Gasteiger partial charge in [0.15, 0.2) is 0 Å². The predicted molar refractivity (Wildman–Crippen MR) is 233 cm³/mol. The standard InChI is InChI=1S/C49H94O4/c1-3-5-7-9-11-13-15-17-19-20-21-22-23-24-25-26-27-28-29-31-33-35-37-39-41-43-45-52-47-48(46-50)53-49(51)44-42-40-38-36-34-32-30-18-16-14-12-10-8-6-4-2/h15,17,20-21,48,50H,3-14,16,18-19,22-47H2,1-2H3/b17-15-,21-20-. The molecule has 4 heteroatoms. The van der Waals surface area contributed by atoms with Crippen LogP contribution in [0.1, 0.15) is 258 Å². The van der Waals surface area contributed by atoms with Gasteiger partial charge < -0.3 is 14.6 Å². The zero-order valence-corrected chi connectivity index (χ0v) is 36.1. The third-order valence-corrected chi connectivity index (χ3v) is 10.8. The van der Waals surface area contributed by atoms with Gasteiger partial charge >= 0.3 is 5.97 Å². The molecule has 0 aliphatic rings. The maximum Gasteiger partial charge on any atom is 0.306 e. The molecule has 0 fully saturated rings. The number of hydrogen-bond donors (Lipinski definition) is 1. The highest BCUT2D eigenvalue weighted by Gasteiger charge is 2.13. The van der Waals surface area contributed by atoms with Crippen LogP contribution in [0.3, 0.4) is 0 Å². The van der Waals surface area contributed by atoms with Gasteiger partial charge in [-0.05, 0) is 44.9 Å². The summed E-state index contributed by atoms with van der Waals surface area (Å²) in [7, 11) is 0. The SMILES string of the molecule is CCCCCCC/C=C\C/C=C\CCCCCCCCCCCCCCCCOCC(CO)OC(=O)CCCCCCCCCCCCCCCCC. The van der Waals surface area contributed by atoms with Crippen molar-refractivity contribution < 1.29 is 19.4 Å². The second-order valence-electron chi connectivity index (χ2n) is 16.2. The van der Waals surface area contributed by atoms with Gasteiger partial charge in [0.1, 0.15) is 6.10 Å². The van der Waals surface area contributed by atoms with Gasteiger partial charge in [0.05, 0.1) is 13.2 Å². The third kappa shape index (κ3) is 45.2. The van der Waals surface area contributed by atoms with Crippen molar-refractivity contribution in [3.05, 3.63) is 24.3 Å². The smallest absolute Gasteiger partial charge is 0.306 e. The molecule has 0 aromatic rings. The number of carbonyl (C=O) groups is 1. The molecule has 0 heterocycles. The Kier molecular flexibility index (Phi) is 46.0. The highest BCUT2D eigenvalue weighted by atomic mass is 16.6. The van der Waals surface area contributed by atoms with Crippen LogP contribution in [0.25, 0.3) is 0 Å². The highest BCUT2D eigenvalue weighted by molar-refractivity contribution is 5.69. The molecule has 0 aliphatic carbocycles. The Balaban J connectivity index is 3.36. The number of carbonyl (C=O) groups excluding carboxylic acids is 1. The number of aliphatic hydroxyl groups is 1. The quantitative estimate of drug-likeness (QED) is 0.0383. The van der Waals surface area contributed by atoms with Gasteiger partial charge in [-0.25, -0.2) is 0 Å². The Morgan fingerprint density at radius 3 is 1.17 bits per heavy atom. The Labute approximate surface area is 332 Å². The van der Waals surface area contributed by atoms with E-state index in [1.807, 2.05) is 0 Å². The molecule has 0 aliphatic heterocycles. The molecule has 0 rings (SSSR count). The Hall–Kier alpha value is -1.13. The molecule has 1 unspecified atom stereocenters. The van der Waals surface area contributed by atoms with Crippen LogP contribution in [0.4, 0.5) is 0 Å². The van der Waals surface area contributed by atoms with Gasteiger partial charge in [0, 0.05) is 13.0 Å². The van der Waals surface area contributed by atoms with E-state index in [0.717, 1.165) is 25.7 Å². The van der Waals surface area contributed by atoms with Crippen LogP contribution in [0.2, 0.25) is 0 Å². The number of allylic oxidation sites excluding steroid dienone is 4. The van der Waals surface area contributed by atoms with Gasteiger partial charge in [-0.3, -0.25) is 4.79 Å². The first-order chi connectivity index (χ1) is 26.2. The van der Waals surface area contributed by atoms with Crippen LogP contribution in [0, 0.1) is 0 Å². The minimum absolute atomic E-state index is 0.166. The van der Waals surface area contributed by atoms with Crippen molar-refractivity contribution in [2.45, 2.75) is 264 Å². The molecule has 4 nitrogen and oxygen atoms in total. The summed E-state index contributed by atoms with van der Waals surface area (Å²) in [5, 5.41) is 9.62. The summed E-state index contributed by atoms with van der Waals surface area (Å²) in [6, 6.07) is 0. The largest absolute Gasteiger partial charge is 0.457 e. The Morgan fingerprint density at radius 2 is 0.792 bits per heavy atom. The second kappa shape index (κ2) is 47.0. The van der Waals surface area contributed by atoms with Gasteiger partial charge in [-0.2, -0.15) is 0 Å². The molecule has 53 heavy (non-hydrogen) atoms. The Bertz CT molecular complexity index is 747. The number of unbranched alkanes of at least 4 members (excludes halogenated alkanes) is 33. The first kappa shape index (κ1) is 51.9. The minimum atomic E-state index is -0.529. The number of aliphatic hydroxyl groups excluding tert-OH is 1. The average molecular weight is 747 g/mol. The van der Waals surface area contributed by atoms with Gasteiger partial charge in [0.25, 0.3) is 0 Å². The van der Waals surface area contributed by atoms with Crippen molar-refractivity contribution in [3.8, 4) is 0 Å². The summed E-state index contributed by atoms with van der Waals surface area (Å²) < 4.78 is 11.2. The van der Waals surface area contributed by atoms with E-state index in [1.165, 1.54) is 212 Å². The molecule has 0 amide bonds. The van der Waals surface area contributed by atoms with E-state index < -0.39 is 6.10 Å². The molecular weight excluding hydrogens is 653 g/mol. The first-order valence-electron chi connectivity index (χ1n) is 23.9. The lowest BCUT2D eigenvalue weighted by molar-refractivity contribution is -0.154. The van der Waals surface area contributed by atoms with Gasteiger partial charge in [0.2, 0.25) is 0 Å². The number of hydrogen-bond acceptors (Lipinski definition) is 4. The first-order valence-corrected chi connectivity index (χ1v) is 23.9. The van der Waals surface area contributed by atoms with E-state index in [4.69, 9.17) is 9.47 Å². The highest BCUT2D eigenvalue weighted by Crippen LogP contribution is 2.16. The maximum absolute atomic E-state index is 12.2. The molecule has 1 N–H and O–H groups in total. The van der Waals surface area contributed by atoms with Crippen LogP contribution in [0.15, 0.2) is 24.3 Å². The summed E-state index contributed by atoms with van der Waals surface area (Å²) in [5.74, 6) is -0.196. The number of rotatable bonds is 45. The zero-order chi connectivity index (χ0) is 38.4. The topological polar surface area (TPSA) is 55.8 Å². The molecule has 0 saturated heterocycles. The minimum Gasteiger partial charge on any atom is -0.457 e. The molecule has 0 aromatic heterocycles. The van der Waals surface area contributed by atoms with Crippen molar-refractivity contribution in [1.82, 2.24) is 0 Å². The van der Waals surface area contributed by atoms with Gasteiger partial charge in [-0.15, -0.1) is 0 Å². The normalized spacial score (nSPS) is 12.4. The molecular formula is C49H94O4. The van der Waals surface area contributed by atoms with E-state index in [1.54, 1.807) is 0 Å². The van der Waals surface area contributed by atoms with Crippen molar-refractivity contribution >= 4 is 5.97 Å². The van der Waals surface area contributed by atoms with Crippen LogP contribution in [0.5, 0.6) is 0 Å². The van der Waals surface area contributed by atoms with Crippen molar-refractivity contribution in [3.63, 3.8) is 0 Å². The van der Waals surface area contributed by atoms with Crippen LogP contribution in [-0.4, -0.2) is 37.0 Å². The second-order valence-corrected chi connectivity index (χ2v) is 16.2. The molecule has 0 radical (unpaired) electrons. The molecule has 0 saturated carbocycles. The van der Waals surface area contributed by atoms with Crippen molar-refractivity contribution in [1.29, 1.82) is 0 Å². The lowest BCUT2D eigenvalue weighted by Crippen LogP contribution is -2.27. The van der Waals surface area contributed by atoms with E-state index in [-0.39, 0.29) is 12.6 Å². The number of ether oxygens (including phenoxy) is 2. The third-order valence-electron chi connectivity index (χ3n) is 10.8. The predicted octanol–water partition coefficient (Wildman–Crippen LogP) is 15.9. The van der Waals surface area contributed by atoms with Gasteiger partial charge in [-0.1, -0.05) is 231 Å². The monoisotopic (exact) mass is 747 g/mol. The fourth-order valence-corrected chi connectivity index (χ4v) is 7.18. The molecule has 0 aromatic carbocycles. The van der Waals surface area contributed by atoms with E-state index in [0.29, 0.717) is 19.6 Å². The molecule has 314 valence electrons. The lowest BCUT2D eigenvalue weighted by atomic mass is 10.0. The molecule has 0 spiro atoms. The van der Waals surface area contributed by atoms with Crippen LogP contribution < -0.4 is 0 Å². The molecule has 1 atom stereocenters. The summed E-state index contributed by atoms with van der Waals surface area (Å²) >= 11 is 0. The lowest BCUT2D eigenvalue weighted by Gasteiger charge is -2.16. The number of esters is 1. The summed E-state index contributed by atoms with van der Waals surface area (Å²) in [4.78, 5) is 12.2. The van der Waals surface area contributed by atoms with Crippen molar-refractivity contribution in [2.75, 3.05) is 19.8 Å². The van der Waals surface area contributed by atoms with E-state index in [9.17, 15) is 9.90 Å². The fourth-order valence-electron chi connectivity index (χ4n) is 7.18. The van der Waals surface area contributed by atoms with E-state index in [2.05, 4.69) is 38.2 Å². The summed E-state index contributed by atoms with van der Waals surface area (Å²) in [5.41, 5.74) is 0. The molecule has 0 bridgehead atoms. The summed E-state index contributed by atoms with van der Waals surface area (Å²) in [6.07, 6.45) is 58.3. The zero-order valence-electron chi connectivity index (χ0n) is 36.1. The van der Waals surface area contributed by atoms with E-state index >= 15 is 0 Å². The Morgan fingerprint density at radius 1 is 0.453 bits per heavy atom. The fraction of sp³-hybridized carbons (Fsp3) is 0.898. The summed E-state index contributed by atoms with van der Waals surface area (Å²) in [6.45, 7) is 5.38. The van der Waals surface area contributed by atoms with Crippen LogP contribution in [-0.2, 0) is 14.3 Å². The van der Waals surface area contributed by atoms with Crippen molar-refractivity contribution in [2.24, 2.45) is 0 Å². The van der Waals surface area contributed by atoms with Crippen LogP contribution >= 0.6 is 0 Å².